The summed E-state index contributed by atoms with van der Waals surface area (Å²) in [5.74, 6) is -0.789. The van der Waals surface area contributed by atoms with E-state index in [1.807, 2.05) is 0 Å². The highest BCUT2D eigenvalue weighted by Crippen LogP contribution is 2.26. The van der Waals surface area contributed by atoms with Gasteiger partial charge in [0.15, 0.2) is 11.6 Å². The number of halogens is 2. The maximum atomic E-state index is 13.7. The van der Waals surface area contributed by atoms with Crippen LogP contribution in [0.5, 0.6) is 0 Å². The number of nitrogens with zero attached hydrogens (tertiary/aromatic N) is 1. The van der Waals surface area contributed by atoms with E-state index in [-0.39, 0.29) is 6.04 Å². The predicted molar refractivity (Wildman–Crippen MR) is 72.6 cm³/mol. The summed E-state index contributed by atoms with van der Waals surface area (Å²) in [5, 5.41) is 0. The van der Waals surface area contributed by atoms with Gasteiger partial charge in [-0.3, -0.25) is 4.90 Å². The van der Waals surface area contributed by atoms with Crippen molar-refractivity contribution in [2.24, 2.45) is 11.7 Å². The lowest BCUT2D eigenvalue weighted by Gasteiger charge is -2.38. The average Bonchev–Trinajstić information content (AvgIpc) is 2.44. The number of rotatable bonds is 4. The van der Waals surface area contributed by atoms with Gasteiger partial charge in [-0.25, -0.2) is 8.78 Å². The fourth-order valence-corrected chi connectivity index (χ4v) is 2.90. The van der Waals surface area contributed by atoms with Crippen LogP contribution in [0.4, 0.5) is 8.78 Å². The molecule has 19 heavy (non-hydrogen) atoms. The van der Waals surface area contributed by atoms with Gasteiger partial charge >= 0.3 is 0 Å². The highest BCUT2D eigenvalue weighted by atomic mass is 19.2. The smallest absolute Gasteiger partial charge is 0.163 e. The normalized spacial score (nSPS) is 24.6. The minimum atomic E-state index is -0.773. The van der Waals surface area contributed by atoms with E-state index in [0.29, 0.717) is 24.6 Å². The van der Waals surface area contributed by atoms with E-state index >= 15 is 0 Å². The minimum Gasteiger partial charge on any atom is -0.329 e. The molecule has 2 nitrogen and oxygen atoms in total. The van der Waals surface area contributed by atoms with Crippen molar-refractivity contribution in [3.63, 3.8) is 0 Å². The van der Waals surface area contributed by atoms with Crippen LogP contribution in [0.25, 0.3) is 0 Å². The molecule has 0 spiro atoms. The zero-order valence-corrected chi connectivity index (χ0v) is 11.4. The second-order valence-electron chi connectivity index (χ2n) is 5.37. The van der Waals surface area contributed by atoms with E-state index in [4.69, 9.17) is 5.73 Å². The van der Waals surface area contributed by atoms with E-state index in [1.54, 1.807) is 12.1 Å². The lowest BCUT2D eigenvalue weighted by atomic mass is 9.88. The minimum absolute atomic E-state index is 0.279. The second-order valence-corrected chi connectivity index (χ2v) is 5.37. The second kappa shape index (κ2) is 6.44. The molecule has 2 atom stereocenters. The molecule has 1 aliphatic heterocycles. The van der Waals surface area contributed by atoms with Crippen molar-refractivity contribution in [1.82, 2.24) is 4.90 Å². The summed E-state index contributed by atoms with van der Waals surface area (Å²) in [4.78, 5) is 2.18. The quantitative estimate of drug-likeness (QED) is 0.909. The molecule has 1 aromatic carbocycles. The summed E-state index contributed by atoms with van der Waals surface area (Å²) in [6.45, 7) is 4.13. The van der Waals surface area contributed by atoms with Gasteiger partial charge in [0.2, 0.25) is 0 Å². The molecule has 4 heteroatoms. The summed E-state index contributed by atoms with van der Waals surface area (Å²) in [6.07, 6.45) is 3.34. The number of likely N-dealkylation sites (tertiary alicyclic amines) is 1. The summed E-state index contributed by atoms with van der Waals surface area (Å²) in [6, 6.07) is 4.64. The number of nitrogens with two attached hydrogens (primary N) is 1. The van der Waals surface area contributed by atoms with Gasteiger partial charge < -0.3 is 5.73 Å². The molecule has 0 saturated carbocycles. The van der Waals surface area contributed by atoms with Crippen LogP contribution in [0.2, 0.25) is 0 Å². The molecule has 1 heterocycles. The van der Waals surface area contributed by atoms with Gasteiger partial charge in [-0.2, -0.15) is 0 Å². The molecule has 2 rings (SSSR count). The molecule has 1 aromatic rings. The van der Waals surface area contributed by atoms with Crippen LogP contribution < -0.4 is 5.73 Å². The molecule has 0 aromatic heterocycles. The van der Waals surface area contributed by atoms with Crippen LogP contribution in [0, 0.1) is 17.6 Å². The van der Waals surface area contributed by atoms with E-state index in [0.717, 1.165) is 25.5 Å². The summed E-state index contributed by atoms with van der Waals surface area (Å²) in [5.41, 5.74) is 6.25. The first-order valence-electron chi connectivity index (χ1n) is 7.02. The Labute approximate surface area is 113 Å². The highest BCUT2D eigenvalue weighted by molar-refractivity contribution is 5.19. The molecule has 0 amide bonds. The summed E-state index contributed by atoms with van der Waals surface area (Å²) in [7, 11) is 0. The fraction of sp³-hybridized carbons (Fsp3) is 0.600. The van der Waals surface area contributed by atoms with E-state index < -0.39 is 11.6 Å². The Balaban J connectivity index is 2.07. The number of piperidine rings is 1. The topological polar surface area (TPSA) is 29.3 Å². The third kappa shape index (κ3) is 3.31. The molecule has 2 N–H and O–H groups in total. The first-order valence-corrected chi connectivity index (χ1v) is 7.02. The maximum Gasteiger partial charge on any atom is 0.163 e. The van der Waals surface area contributed by atoms with Crippen LogP contribution in [-0.2, 0) is 6.54 Å². The van der Waals surface area contributed by atoms with Gasteiger partial charge in [-0.05, 0) is 31.4 Å². The zero-order chi connectivity index (χ0) is 13.8. The SMILES string of the molecule is CCC1CCN(Cc2cccc(F)c2F)C(CN)C1. The summed E-state index contributed by atoms with van der Waals surface area (Å²) < 4.78 is 26.9. The van der Waals surface area contributed by atoms with Gasteiger partial charge in [0.25, 0.3) is 0 Å². The Bertz CT molecular complexity index is 423. The Morgan fingerprint density at radius 3 is 2.84 bits per heavy atom. The van der Waals surface area contributed by atoms with Crippen LogP contribution >= 0.6 is 0 Å². The largest absolute Gasteiger partial charge is 0.329 e. The predicted octanol–water partition coefficient (Wildman–Crippen LogP) is 2.91. The van der Waals surface area contributed by atoms with Crippen LogP contribution in [-0.4, -0.2) is 24.0 Å². The van der Waals surface area contributed by atoms with Crippen molar-refractivity contribution >= 4 is 0 Å². The number of benzene rings is 1. The zero-order valence-electron chi connectivity index (χ0n) is 11.4. The van der Waals surface area contributed by atoms with Crippen molar-refractivity contribution in [3.05, 3.63) is 35.4 Å². The average molecular weight is 268 g/mol. The fourth-order valence-electron chi connectivity index (χ4n) is 2.90. The van der Waals surface area contributed by atoms with Gasteiger partial charge in [-0.1, -0.05) is 25.5 Å². The third-order valence-corrected chi connectivity index (χ3v) is 4.20. The first-order chi connectivity index (χ1) is 9.15. The lowest BCUT2D eigenvalue weighted by molar-refractivity contribution is 0.106. The van der Waals surface area contributed by atoms with Crippen LogP contribution in [0.1, 0.15) is 31.7 Å². The van der Waals surface area contributed by atoms with Crippen molar-refractivity contribution in [2.45, 2.75) is 38.8 Å². The van der Waals surface area contributed by atoms with Crippen molar-refractivity contribution in [3.8, 4) is 0 Å². The molecule has 106 valence electrons. The Morgan fingerprint density at radius 2 is 2.16 bits per heavy atom. The third-order valence-electron chi connectivity index (χ3n) is 4.20. The lowest BCUT2D eigenvalue weighted by Crippen LogP contribution is -2.46. The Hall–Kier alpha value is -1.00. The summed E-state index contributed by atoms with van der Waals surface area (Å²) >= 11 is 0. The highest BCUT2D eigenvalue weighted by Gasteiger charge is 2.27. The standard InChI is InChI=1S/C15H22F2N2/c1-2-11-6-7-19(13(8-11)9-18)10-12-4-3-5-14(16)15(12)17/h3-5,11,13H,2,6-10,18H2,1H3. The molecule has 2 unspecified atom stereocenters. The molecular formula is C15H22F2N2. The molecule has 1 fully saturated rings. The molecule has 0 radical (unpaired) electrons. The maximum absolute atomic E-state index is 13.7. The monoisotopic (exact) mass is 268 g/mol. The molecular weight excluding hydrogens is 246 g/mol. The molecule has 1 aliphatic rings. The van der Waals surface area contributed by atoms with Crippen LogP contribution in [0.3, 0.4) is 0 Å². The van der Waals surface area contributed by atoms with E-state index in [2.05, 4.69) is 11.8 Å². The van der Waals surface area contributed by atoms with Crippen molar-refractivity contribution < 1.29 is 8.78 Å². The molecule has 0 bridgehead atoms. The van der Waals surface area contributed by atoms with Gasteiger partial charge in [0.05, 0.1) is 0 Å². The Morgan fingerprint density at radius 1 is 1.37 bits per heavy atom. The van der Waals surface area contributed by atoms with Gasteiger partial charge in [0.1, 0.15) is 0 Å². The van der Waals surface area contributed by atoms with Gasteiger partial charge in [-0.15, -0.1) is 0 Å². The molecule has 1 saturated heterocycles. The van der Waals surface area contributed by atoms with E-state index in [9.17, 15) is 8.78 Å². The number of hydrogen-bond donors (Lipinski definition) is 1. The van der Waals surface area contributed by atoms with Crippen molar-refractivity contribution in [1.29, 1.82) is 0 Å². The number of hydrogen-bond acceptors (Lipinski definition) is 2. The molecule has 0 aliphatic carbocycles. The van der Waals surface area contributed by atoms with Crippen molar-refractivity contribution in [2.75, 3.05) is 13.1 Å². The van der Waals surface area contributed by atoms with Gasteiger partial charge in [0, 0.05) is 24.7 Å². The Kier molecular flexibility index (Phi) is 4.88. The first kappa shape index (κ1) is 14.4. The van der Waals surface area contributed by atoms with Crippen LogP contribution in [0.15, 0.2) is 18.2 Å². The van der Waals surface area contributed by atoms with E-state index in [1.165, 1.54) is 6.42 Å².